The molecule has 0 amide bonds. The summed E-state index contributed by atoms with van der Waals surface area (Å²) in [5.41, 5.74) is 0.172. The van der Waals surface area contributed by atoms with Gasteiger partial charge in [0.25, 0.3) is 0 Å². The molecule has 2 rings (SSSR count). The van der Waals surface area contributed by atoms with Crippen molar-refractivity contribution in [3.63, 3.8) is 0 Å². The van der Waals surface area contributed by atoms with Crippen molar-refractivity contribution in [3.8, 4) is 5.75 Å². The van der Waals surface area contributed by atoms with Crippen molar-refractivity contribution < 1.29 is 18.6 Å². The number of aromatic nitrogens is 1. The Balaban J connectivity index is 2.14. The molecule has 3 nitrogen and oxygen atoms in total. The van der Waals surface area contributed by atoms with Crippen LogP contribution in [0.3, 0.4) is 0 Å². The first kappa shape index (κ1) is 12.9. The summed E-state index contributed by atoms with van der Waals surface area (Å²) in [5, 5.41) is 9.67. The largest absolute Gasteiger partial charge is 0.482 e. The van der Waals surface area contributed by atoms with Gasteiger partial charge in [0.1, 0.15) is 6.61 Å². The van der Waals surface area contributed by atoms with Crippen molar-refractivity contribution in [2.24, 2.45) is 0 Å². The summed E-state index contributed by atoms with van der Waals surface area (Å²) < 4.78 is 32.1. The fourth-order valence-electron chi connectivity index (χ4n) is 1.46. The summed E-state index contributed by atoms with van der Waals surface area (Å²) in [5.74, 6) is -2.07. The summed E-state index contributed by atoms with van der Waals surface area (Å²) in [6, 6.07) is 2.10. The summed E-state index contributed by atoms with van der Waals surface area (Å²) in [6.07, 6.45) is 1.61. The maximum absolute atomic E-state index is 13.5. The standard InChI is InChI=1S/C12H11F2NO2S/c1-7-15-4-9(18-7)6-17-12-10(13)2-8(5-16)3-11(12)14/h2-4,16H,5-6H2,1H3. The molecule has 1 aromatic heterocycles. The number of thiazole rings is 1. The first-order chi connectivity index (χ1) is 8.60. The smallest absolute Gasteiger partial charge is 0.191 e. The molecule has 96 valence electrons. The Labute approximate surface area is 107 Å². The Morgan fingerprint density at radius 1 is 1.33 bits per heavy atom. The van der Waals surface area contributed by atoms with Crippen LogP contribution in [-0.2, 0) is 13.2 Å². The van der Waals surface area contributed by atoms with Crippen LogP contribution in [0.25, 0.3) is 0 Å². The Morgan fingerprint density at radius 2 is 2.00 bits per heavy atom. The Bertz CT molecular complexity index is 534. The molecule has 0 saturated carbocycles. The number of rotatable bonds is 4. The van der Waals surface area contributed by atoms with Crippen LogP contribution in [-0.4, -0.2) is 10.1 Å². The van der Waals surface area contributed by atoms with E-state index in [0.29, 0.717) is 0 Å². The fourth-order valence-corrected chi connectivity index (χ4v) is 2.17. The second kappa shape index (κ2) is 5.41. The molecule has 0 aliphatic carbocycles. The van der Waals surface area contributed by atoms with Crippen LogP contribution in [0.5, 0.6) is 5.75 Å². The maximum atomic E-state index is 13.5. The Kier molecular flexibility index (Phi) is 3.88. The van der Waals surface area contributed by atoms with Crippen LogP contribution >= 0.6 is 11.3 Å². The summed E-state index contributed by atoms with van der Waals surface area (Å²) in [6.45, 7) is 1.49. The molecule has 2 aromatic rings. The molecule has 0 radical (unpaired) electrons. The monoisotopic (exact) mass is 271 g/mol. The highest BCUT2D eigenvalue weighted by Gasteiger charge is 2.13. The molecule has 1 N–H and O–H groups in total. The maximum Gasteiger partial charge on any atom is 0.191 e. The Morgan fingerprint density at radius 3 is 2.50 bits per heavy atom. The SMILES string of the molecule is Cc1ncc(COc2c(F)cc(CO)cc2F)s1. The van der Waals surface area contributed by atoms with Gasteiger partial charge in [0, 0.05) is 6.20 Å². The van der Waals surface area contributed by atoms with Gasteiger partial charge in [-0.25, -0.2) is 13.8 Å². The summed E-state index contributed by atoms with van der Waals surface area (Å²) in [7, 11) is 0. The molecule has 0 bridgehead atoms. The van der Waals surface area contributed by atoms with E-state index >= 15 is 0 Å². The minimum Gasteiger partial charge on any atom is -0.482 e. The molecule has 0 spiro atoms. The molecular formula is C12H11F2NO2S. The number of hydrogen-bond donors (Lipinski definition) is 1. The van der Waals surface area contributed by atoms with Gasteiger partial charge in [0.15, 0.2) is 17.4 Å². The number of nitrogens with zero attached hydrogens (tertiary/aromatic N) is 1. The van der Waals surface area contributed by atoms with E-state index < -0.39 is 24.0 Å². The first-order valence-electron chi connectivity index (χ1n) is 5.23. The molecule has 6 heteroatoms. The van der Waals surface area contributed by atoms with Gasteiger partial charge in [0.2, 0.25) is 0 Å². The van der Waals surface area contributed by atoms with Gasteiger partial charge in [-0.2, -0.15) is 0 Å². The van der Waals surface area contributed by atoms with Gasteiger partial charge >= 0.3 is 0 Å². The van der Waals surface area contributed by atoms with E-state index in [4.69, 9.17) is 9.84 Å². The lowest BCUT2D eigenvalue weighted by molar-refractivity contribution is 0.268. The van der Waals surface area contributed by atoms with Crippen molar-refractivity contribution in [2.75, 3.05) is 0 Å². The number of hydrogen-bond acceptors (Lipinski definition) is 4. The van der Waals surface area contributed by atoms with E-state index in [1.165, 1.54) is 11.3 Å². The topological polar surface area (TPSA) is 42.4 Å². The van der Waals surface area contributed by atoms with Crippen LogP contribution in [0.4, 0.5) is 8.78 Å². The molecule has 0 aliphatic rings. The Hall–Kier alpha value is -1.53. The highest BCUT2D eigenvalue weighted by Crippen LogP contribution is 2.25. The molecule has 0 unspecified atom stereocenters. The fraction of sp³-hybridized carbons (Fsp3) is 0.250. The third-order valence-electron chi connectivity index (χ3n) is 2.27. The third kappa shape index (κ3) is 2.83. The molecular weight excluding hydrogens is 260 g/mol. The average Bonchev–Trinajstić information content (AvgIpc) is 2.73. The third-order valence-corrected chi connectivity index (χ3v) is 3.15. The molecule has 0 aliphatic heterocycles. The van der Waals surface area contributed by atoms with Crippen molar-refractivity contribution in [1.29, 1.82) is 0 Å². The second-order valence-electron chi connectivity index (χ2n) is 3.68. The normalized spacial score (nSPS) is 10.7. The zero-order chi connectivity index (χ0) is 13.1. The van der Waals surface area contributed by atoms with Gasteiger partial charge in [0.05, 0.1) is 16.5 Å². The number of ether oxygens (including phenoxy) is 1. The van der Waals surface area contributed by atoms with E-state index in [9.17, 15) is 8.78 Å². The quantitative estimate of drug-likeness (QED) is 0.929. The van der Waals surface area contributed by atoms with Crippen LogP contribution in [0.15, 0.2) is 18.3 Å². The number of halogens is 2. The number of aliphatic hydroxyl groups excluding tert-OH is 1. The van der Waals surface area contributed by atoms with Gasteiger partial charge < -0.3 is 9.84 Å². The minimum atomic E-state index is -0.819. The zero-order valence-electron chi connectivity index (χ0n) is 9.61. The number of benzene rings is 1. The van der Waals surface area contributed by atoms with Crippen molar-refractivity contribution in [1.82, 2.24) is 4.98 Å². The van der Waals surface area contributed by atoms with Crippen molar-refractivity contribution >= 4 is 11.3 Å². The summed E-state index contributed by atoms with van der Waals surface area (Å²) >= 11 is 1.41. The predicted octanol–water partition coefficient (Wildman–Crippen LogP) is 2.80. The number of aliphatic hydroxyl groups is 1. The van der Waals surface area contributed by atoms with Crippen molar-refractivity contribution in [3.05, 3.63) is 45.4 Å². The van der Waals surface area contributed by atoms with E-state index in [1.54, 1.807) is 6.20 Å². The highest BCUT2D eigenvalue weighted by molar-refractivity contribution is 7.11. The molecule has 1 aromatic carbocycles. The number of aryl methyl sites for hydroxylation is 1. The molecule has 1 heterocycles. The average molecular weight is 271 g/mol. The zero-order valence-corrected chi connectivity index (χ0v) is 10.4. The highest BCUT2D eigenvalue weighted by atomic mass is 32.1. The molecule has 18 heavy (non-hydrogen) atoms. The van der Waals surface area contributed by atoms with Crippen LogP contribution in [0, 0.1) is 18.6 Å². The van der Waals surface area contributed by atoms with Gasteiger partial charge in [-0.15, -0.1) is 11.3 Å². The molecule has 0 atom stereocenters. The molecule has 0 fully saturated rings. The molecule has 0 saturated heterocycles. The lowest BCUT2D eigenvalue weighted by Gasteiger charge is -2.08. The predicted molar refractivity (Wildman–Crippen MR) is 63.5 cm³/mol. The van der Waals surface area contributed by atoms with Crippen LogP contribution < -0.4 is 4.74 Å². The first-order valence-corrected chi connectivity index (χ1v) is 6.04. The van der Waals surface area contributed by atoms with Crippen LogP contribution in [0.1, 0.15) is 15.4 Å². The lowest BCUT2D eigenvalue weighted by Crippen LogP contribution is -2.00. The van der Waals surface area contributed by atoms with E-state index in [2.05, 4.69) is 4.98 Å². The van der Waals surface area contributed by atoms with E-state index in [1.807, 2.05) is 6.92 Å². The lowest BCUT2D eigenvalue weighted by atomic mass is 10.2. The van der Waals surface area contributed by atoms with Gasteiger partial charge in [-0.05, 0) is 24.6 Å². The van der Waals surface area contributed by atoms with Gasteiger partial charge in [-0.1, -0.05) is 0 Å². The van der Waals surface area contributed by atoms with Crippen LogP contribution in [0.2, 0.25) is 0 Å². The second-order valence-corrected chi connectivity index (χ2v) is 5.00. The van der Waals surface area contributed by atoms with E-state index in [-0.39, 0.29) is 12.2 Å². The summed E-state index contributed by atoms with van der Waals surface area (Å²) in [4.78, 5) is 4.81. The van der Waals surface area contributed by atoms with Crippen molar-refractivity contribution in [2.45, 2.75) is 20.1 Å². The minimum absolute atomic E-state index is 0.0673. The van der Waals surface area contributed by atoms with E-state index in [0.717, 1.165) is 22.0 Å². The van der Waals surface area contributed by atoms with Gasteiger partial charge in [-0.3, -0.25) is 0 Å².